The van der Waals surface area contributed by atoms with Gasteiger partial charge in [-0.2, -0.15) is 0 Å². The molecule has 2 atom stereocenters. The van der Waals surface area contributed by atoms with Crippen LogP contribution in [0.25, 0.3) is 0 Å². The van der Waals surface area contributed by atoms with Gasteiger partial charge in [0.05, 0.1) is 12.2 Å². The number of thiazole rings is 1. The molecule has 0 spiro atoms. The Balaban J connectivity index is 1.35. The highest BCUT2D eigenvalue weighted by Crippen LogP contribution is 2.39. The minimum Gasteiger partial charge on any atom is -0.301 e. The summed E-state index contributed by atoms with van der Waals surface area (Å²) in [4.78, 5) is 23.3. The molecule has 144 valence electrons. The van der Waals surface area contributed by atoms with Gasteiger partial charge in [0.15, 0.2) is 5.13 Å². The second-order valence-electron chi connectivity index (χ2n) is 8.44. The maximum Gasteiger partial charge on any atom is 0.240 e. The van der Waals surface area contributed by atoms with Crippen LogP contribution >= 0.6 is 11.3 Å². The topological polar surface area (TPSA) is 48.5 Å². The van der Waals surface area contributed by atoms with Gasteiger partial charge in [-0.3, -0.25) is 14.6 Å². The van der Waals surface area contributed by atoms with Gasteiger partial charge in [0, 0.05) is 24.0 Å². The van der Waals surface area contributed by atoms with E-state index in [0.29, 0.717) is 6.54 Å². The van der Waals surface area contributed by atoms with Crippen molar-refractivity contribution in [3.05, 3.63) is 10.6 Å². The Hall–Kier alpha value is -0.980. The van der Waals surface area contributed by atoms with Crippen LogP contribution in [-0.2, 0) is 4.79 Å². The Kier molecular flexibility index (Phi) is 5.62. The zero-order valence-electron chi connectivity index (χ0n) is 16.2. The lowest BCUT2D eigenvalue weighted by atomic mass is 9.72. The third kappa shape index (κ3) is 3.97. The number of nitrogens with one attached hydrogen (secondary N) is 1. The average molecular weight is 377 g/mol. The van der Waals surface area contributed by atoms with E-state index in [1.165, 1.54) is 56.5 Å². The first kappa shape index (κ1) is 18.4. The number of anilines is 1. The number of aryl methyl sites for hydroxylation is 2. The van der Waals surface area contributed by atoms with Gasteiger partial charge >= 0.3 is 0 Å². The molecule has 2 bridgehead atoms. The van der Waals surface area contributed by atoms with Crippen LogP contribution in [0.5, 0.6) is 0 Å². The van der Waals surface area contributed by atoms with Crippen LogP contribution < -0.4 is 5.32 Å². The summed E-state index contributed by atoms with van der Waals surface area (Å²) in [6, 6.07) is 0.771. The Labute approximate surface area is 161 Å². The number of piperidine rings is 2. The van der Waals surface area contributed by atoms with Crippen LogP contribution in [0, 0.1) is 25.7 Å². The summed E-state index contributed by atoms with van der Waals surface area (Å²) in [7, 11) is 0. The van der Waals surface area contributed by atoms with E-state index >= 15 is 0 Å². The lowest BCUT2D eigenvalue weighted by Crippen LogP contribution is -2.59. The van der Waals surface area contributed by atoms with E-state index in [9.17, 15) is 4.79 Å². The standard InChI is InChI=1S/C20H32N4OS/c1-14-15(2)26-20(21-14)22-18(25)13-23-11-16-7-6-8-17(12-23)19(16)24-9-4-3-5-10-24/h16-17,19H,3-13H2,1-2H3,(H,21,22,25)/t16-,17-/m0/s1. The monoisotopic (exact) mass is 376 g/mol. The predicted molar refractivity (Wildman–Crippen MR) is 107 cm³/mol. The van der Waals surface area contributed by atoms with Gasteiger partial charge in [-0.15, -0.1) is 11.3 Å². The van der Waals surface area contributed by atoms with Crippen molar-refractivity contribution in [3.63, 3.8) is 0 Å². The number of amides is 1. The summed E-state index contributed by atoms with van der Waals surface area (Å²) in [6.07, 6.45) is 8.18. The molecule has 3 aliphatic rings. The van der Waals surface area contributed by atoms with Crippen molar-refractivity contribution < 1.29 is 4.79 Å². The number of aromatic nitrogens is 1. The molecule has 5 nitrogen and oxygen atoms in total. The average Bonchev–Trinajstić information content (AvgIpc) is 2.92. The first-order valence-corrected chi connectivity index (χ1v) is 11.1. The molecule has 2 aliphatic heterocycles. The van der Waals surface area contributed by atoms with Crippen molar-refractivity contribution in [2.45, 2.75) is 58.4 Å². The highest BCUT2D eigenvalue weighted by atomic mass is 32.1. The number of rotatable bonds is 4. The van der Waals surface area contributed by atoms with Crippen molar-refractivity contribution in [3.8, 4) is 0 Å². The van der Waals surface area contributed by atoms with Gasteiger partial charge in [0.2, 0.25) is 5.91 Å². The van der Waals surface area contributed by atoms with Crippen LogP contribution in [0.2, 0.25) is 0 Å². The Morgan fingerprint density at radius 2 is 1.81 bits per heavy atom. The number of hydrogen-bond donors (Lipinski definition) is 1. The molecule has 0 unspecified atom stereocenters. The number of carbonyl (C=O) groups is 1. The molecule has 1 saturated carbocycles. The highest BCUT2D eigenvalue weighted by Gasteiger charge is 2.42. The molecule has 3 heterocycles. The van der Waals surface area contributed by atoms with Gasteiger partial charge in [0.25, 0.3) is 0 Å². The van der Waals surface area contributed by atoms with Crippen LogP contribution in [0.15, 0.2) is 0 Å². The predicted octanol–water partition coefficient (Wildman–Crippen LogP) is 3.28. The van der Waals surface area contributed by atoms with Crippen molar-refractivity contribution in [1.29, 1.82) is 0 Å². The third-order valence-electron chi connectivity index (χ3n) is 6.56. The molecule has 0 radical (unpaired) electrons. The fourth-order valence-corrected chi connectivity index (χ4v) is 6.17. The Morgan fingerprint density at radius 1 is 1.12 bits per heavy atom. The summed E-state index contributed by atoms with van der Waals surface area (Å²) in [5.74, 6) is 1.59. The van der Waals surface area contributed by atoms with E-state index in [-0.39, 0.29) is 5.91 Å². The smallest absolute Gasteiger partial charge is 0.240 e. The molecular weight excluding hydrogens is 344 g/mol. The maximum absolute atomic E-state index is 12.5. The first-order chi connectivity index (χ1) is 12.6. The number of likely N-dealkylation sites (tertiary alicyclic amines) is 2. The van der Waals surface area contributed by atoms with Crippen molar-refractivity contribution in [1.82, 2.24) is 14.8 Å². The summed E-state index contributed by atoms with van der Waals surface area (Å²) in [6.45, 7) is 9.31. The van der Waals surface area contributed by atoms with E-state index < -0.39 is 0 Å². The summed E-state index contributed by atoms with van der Waals surface area (Å²) in [5.41, 5.74) is 1.02. The number of nitrogens with zero attached hydrogens (tertiary/aromatic N) is 3. The van der Waals surface area contributed by atoms with Crippen LogP contribution in [-0.4, -0.2) is 59.5 Å². The van der Waals surface area contributed by atoms with E-state index in [1.807, 2.05) is 6.92 Å². The van der Waals surface area contributed by atoms with Crippen LogP contribution in [0.4, 0.5) is 5.13 Å². The number of hydrogen-bond acceptors (Lipinski definition) is 5. The Bertz CT molecular complexity index is 606. The lowest BCUT2D eigenvalue weighted by Gasteiger charge is -2.52. The lowest BCUT2D eigenvalue weighted by molar-refractivity contribution is -0.119. The minimum absolute atomic E-state index is 0.0910. The zero-order valence-corrected chi connectivity index (χ0v) is 17.0. The van der Waals surface area contributed by atoms with Gasteiger partial charge < -0.3 is 5.32 Å². The van der Waals surface area contributed by atoms with E-state index in [2.05, 4.69) is 27.0 Å². The third-order valence-corrected chi connectivity index (χ3v) is 7.54. The first-order valence-electron chi connectivity index (χ1n) is 10.3. The van der Waals surface area contributed by atoms with Crippen molar-refractivity contribution in [2.75, 3.05) is 38.0 Å². The molecule has 1 aliphatic carbocycles. The molecule has 3 fully saturated rings. The maximum atomic E-state index is 12.5. The van der Waals surface area contributed by atoms with Gasteiger partial charge in [-0.05, 0) is 64.5 Å². The molecule has 6 heteroatoms. The summed E-state index contributed by atoms with van der Waals surface area (Å²) >= 11 is 1.57. The molecule has 0 aromatic carbocycles. The fourth-order valence-electron chi connectivity index (χ4n) is 5.34. The molecule has 1 aromatic rings. The number of carbonyl (C=O) groups excluding carboxylic acids is 1. The number of fused-ring (bicyclic) bond motifs is 2. The molecular formula is C20H32N4OS. The van der Waals surface area contributed by atoms with Gasteiger partial charge in [-0.1, -0.05) is 12.8 Å². The van der Waals surface area contributed by atoms with Crippen molar-refractivity contribution >= 4 is 22.4 Å². The molecule has 26 heavy (non-hydrogen) atoms. The molecule has 2 saturated heterocycles. The SMILES string of the molecule is Cc1nc(NC(=O)CN2C[C@@H]3CCC[C@@H](C2)C3N2CCCCC2)sc1C. The van der Waals surface area contributed by atoms with E-state index in [4.69, 9.17) is 0 Å². The second kappa shape index (κ2) is 7.95. The Morgan fingerprint density at radius 3 is 2.42 bits per heavy atom. The van der Waals surface area contributed by atoms with Crippen LogP contribution in [0.3, 0.4) is 0 Å². The second-order valence-corrected chi connectivity index (χ2v) is 9.64. The quantitative estimate of drug-likeness (QED) is 0.876. The van der Waals surface area contributed by atoms with E-state index in [1.54, 1.807) is 11.3 Å². The largest absolute Gasteiger partial charge is 0.301 e. The van der Waals surface area contributed by atoms with Crippen LogP contribution in [0.1, 0.15) is 49.1 Å². The molecule has 1 N–H and O–H groups in total. The molecule has 4 rings (SSSR count). The van der Waals surface area contributed by atoms with Crippen molar-refractivity contribution in [2.24, 2.45) is 11.8 Å². The van der Waals surface area contributed by atoms with E-state index in [0.717, 1.165) is 41.8 Å². The summed E-state index contributed by atoms with van der Waals surface area (Å²) < 4.78 is 0. The normalized spacial score (nSPS) is 30.3. The molecule has 1 aromatic heterocycles. The van der Waals surface area contributed by atoms with Gasteiger partial charge in [0.1, 0.15) is 0 Å². The minimum atomic E-state index is 0.0910. The summed E-state index contributed by atoms with van der Waals surface area (Å²) in [5, 5.41) is 3.75. The van der Waals surface area contributed by atoms with Gasteiger partial charge in [-0.25, -0.2) is 4.98 Å². The fraction of sp³-hybridized carbons (Fsp3) is 0.800. The zero-order chi connectivity index (χ0) is 18.1. The molecule has 1 amide bonds. The highest BCUT2D eigenvalue weighted by molar-refractivity contribution is 7.15.